The lowest BCUT2D eigenvalue weighted by Crippen LogP contribution is -2.42. The molecule has 1 aromatic carbocycles. The Labute approximate surface area is 144 Å². The number of fused-ring (bicyclic) bond motifs is 2. The number of ether oxygens (including phenoxy) is 2. The molecule has 1 aromatic heterocycles. The third-order valence-electron chi connectivity index (χ3n) is 4.59. The maximum absolute atomic E-state index is 12.4. The van der Waals surface area contributed by atoms with Gasteiger partial charge in [-0.3, -0.25) is 4.79 Å². The minimum Gasteiger partial charge on any atom is -0.473 e. The molecule has 0 aliphatic carbocycles. The fourth-order valence-electron chi connectivity index (χ4n) is 3.41. The normalized spacial score (nSPS) is 24.8. The lowest BCUT2D eigenvalue weighted by atomic mass is 9.95. The highest BCUT2D eigenvalue weighted by molar-refractivity contribution is 7.15. The number of hydrogen-bond acceptors (Lipinski definition) is 6. The van der Waals surface area contributed by atoms with Crippen molar-refractivity contribution in [2.45, 2.75) is 37.4 Å². The molecule has 0 radical (unpaired) electrons. The average Bonchev–Trinajstić information content (AvgIpc) is 3.32. The number of thiazole rings is 1. The van der Waals surface area contributed by atoms with Crippen molar-refractivity contribution in [2.24, 2.45) is 0 Å². The first kappa shape index (κ1) is 15.4. The van der Waals surface area contributed by atoms with E-state index >= 15 is 0 Å². The van der Waals surface area contributed by atoms with Gasteiger partial charge in [0.05, 0.1) is 13.3 Å². The van der Waals surface area contributed by atoms with Crippen LogP contribution in [0.3, 0.4) is 0 Å². The zero-order valence-corrected chi connectivity index (χ0v) is 14.1. The van der Waals surface area contributed by atoms with E-state index in [9.17, 15) is 4.79 Å². The summed E-state index contributed by atoms with van der Waals surface area (Å²) in [5, 5.41) is 7.87. The second-order valence-corrected chi connectivity index (χ2v) is 7.09. The molecule has 126 valence electrons. The molecule has 1 amide bonds. The summed E-state index contributed by atoms with van der Waals surface area (Å²) < 4.78 is 10.7. The van der Waals surface area contributed by atoms with Gasteiger partial charge in [0, 0.05) is 23.7 Å². The van der Waals surface area contributed by atoms with Crippen molar-refractivity contribution >= 4 is 17.2 Å². The van der Waals surface area contributed by atoms with Crippen LogP contribution in [0.4, 0.5) is 0 Å². The topological polar surface area (TPSA) is 72.5 Å². The highest BCUT2D eigenvalue weighted by Gasteiger charge is 2.39. The predicted molar refractivity (Wildman–Crippen MR) is 91.0 cm³/mol. The summed E-state index contributed by atoms with van der Waals surface area (Å²) in [5.41, 5.74) is 0.645. The largest absolute Gasteiger partial charge is 0.473 e. The van der Waals surface area contributed by atoms with Gasteiger partial charge in [0.15, 0.2) is 0 Å². The van der Waals surface area contributed by atoms with E-state index in [1.807, 2.05) is 0 Å². The Morgan fingerprint density at radius 2 is 2.17 bits per heavy atom. The molecule has 0 unspecified atom stereocenters. The Morgan fingerprint density at radius 1 is 1.33 bits per heavy atom. The van der Waals surface area contributed by atoms with Crippen LogP contribution in [0.5, 0.6) is 16.0 Å². The van der Waals surface area contributed by atoms with Crippen molar-refractivity contribution in [2.75, 3.05) is 7.11 Å². The van der Waals surface area contributed by atoms with Crippen molar-refractivity contribution in [3.05, 3.63) is 36.0 Å². The fourth-order valence-corrected chi connectivity index (χ4v) is 4.02. The van der Waals surface area contributed by atoms with Crippen LogP contribution in [0.2, 0.25) is 0 Å². The molecular weight excluding hydrogens is 326 g/mol. The van der Waals surface area contributed by atoms with E-state index in [1.54, 1.807) is 37.6 Å². The maximum Gasteiger partial charge on any atom is 0.276 e. The van der Waals surface area contributed by atoms with Gasteiger partial charge in [-0.25, -0.2) is 4.98 Å². The van der Waals surface area contributed by atoms with Gasteiger partial charge in [-0.15, -0.1) is 0 Å². The van der Waals surface area contributed by atoms with E-state index in [0.29, 0.717) is 33.7 Å². The quantitative estimate of drug-likeness (QED) is 0.871. The first-order chi connectivity index (χ1) is 11.7. The highest BCUT2D eigenvalue weighted by Crippen LogP contribution is 2.31. The molecule has 4 rings (SSSR count). The maximum atomic E-state index is 12.4. The summed E-state index contributed by atoms with van der Waals surface area (Å²) in [6.07, 6.45) is 5.03. The van der Waals surface area contributed by atoms with Gasteiger partial charge < -0.3 is 20.1 Å². The summed E-state index contributed by atoms with van der Waals surface area (Å²) in [4.78, 5) is 16.4. The zero-order chi connectivity index (χ0) is 16.5. The van der Waals surface area contributed by atoms with E-state index in [4.69, 9.17) is 9.47 Å². The molecule has 2 aliphatic rings. The van der Waals surface area contributed by atoms with Gasteiger partial charge in [-0.1, -0.05) is 0 Å². The minimum absolute atomic E-state index is 0.0274. The molecule has 3 heterocycles. The third-order valence-corrected chi connectivity index (χ3v) is 5.43. The van der Waals surface area contributed by atoms with Crippen LogP contribution in [-0.4, -0.2) is 36.1 Å². The van der Waals surface area contributed by atoms with E-state index < -0.39 is 0 Å². The van der Waals surface area contributed by atoms with Crippen LogP contribution in [0.1, 0.15) is 29.6 Å². The SMILES string of the molecule is COc1ncc(Oc2ccc(C(=O)N[C@@H]3C[C@H]4CC[C@@H]3N4)cc2)s1. The summed E-state index contributed by atoms with van der Waals surface area (Å²) >= 11 is 1.32. The molecule has 0 saturated carbocycles. The van der Waals surface area contributed by atoms with Gasteiger partial charge in [0.1, 0.15) is 5.75 Å². The lowest BCUT2D eigenvalue weighted by Gasteiger charge is -2.21. The van der Waals surface area contributed by atoms with Crippen LogP contribution >= 0.6 is 11.3 Å². The second kappa shape index (κ2) is 6.41. The number of amides is 1. The molecule has 0 spiro atoms. The summed E-state index contributed by atoms with van der Waals surface area (Å²) in [6, 6.07) is 8.40. The molecule has 2 aliphatic heterocycles. The first-order valence-corrected chi connectivity index (χ1v) is 8.87. The molecule has 2 aromatic rings. The second-order valence-electron chi connectivity index (χ2n) is 6.14. The summed E-state index contributed by atoms with van der Waals surface area (Å²) in [5.74, 6) is 0.639. The molecule has 2 N–H and O–H groups in total. The number of methoxy groups -OCH3 is 1. The van der Waals surface area contributed by atoms with Gasteiger partial charge in [-0.2, -0.15) is 0 Å². The van der Waals surface area contributed by atoms with Gasteiger partial charge in [-0.05, 0) is 54.9 Å². The number of carbonyl (C=O) groups is 1. The van der Waals surface area contributed by atoms with E-state index in [0.717, 1.165) is 12.8 Å². The number of rotatable bonds is 5. The molecule has 6 nitrogen and oxygen atoms in total. The number of nitrogens with zero attached hydrogens (tertiary/aromatic N) is 1. The van der Waals surface area contributed by atoms with Crippen LogP contribution in [0, 0.1) is 0 Å². The number of benzene rings is 1. The monoisotopic (exact) mass is 345 g/mol. The summed E-state index contributed by atoms with van der Waals surface area (Å²) in [7, 11) is 1.57. The number of nitrogens with one attached hydrogen (secondary N) is 2. The Kier molecular flexibility index (Phi) is 4.12. The molecule has 24 heavy (non-hydrogen) atoms. The van der Waals surface area contributed by atoms with Crippen LogP contribution in [-0.2, 0) is 0 Å². The van der Waals surface area contributed by atoms with E-state index in [-0.39, 0.29) is 11.9 Å². The Hall–Kier alpha value is -2.12. The van der Waals surface area contributed by atoms with Crippen molar-refractivity contribution < 1.29 is 14.3 Å². The molecule has 3 atom stereocenters. The van der Waals surface area contributed by atoms with Crippen LogP contribution < -0.4 is 20.1 Å². The minimum atomic E-state index is -0.0274. The lowest BCUT2D eigenvalue weighted by molar-refractivity contribution is 0.0931. The van der Waals surface area contributed by atoms with Crippen LogP contribution in [0.15, 0.2) is 30.5 Å². The standard InChI is InChI=1S/C17H19N3O3S/c1-22-17-18-9-15(24-17)23-12-5-2-10(3-6-12)16(21)20-14-8-11-4-7-13(14)19-11/h2-3,5-6,9,11,13-14,19H,4,7-8H2,1H3,(H,20,21)/t11-,13+,14-/m1/s1. The number of carbonyl (C=O) groups excluding carboxylic acids is 1. The zero-order valence-electron chi connectivity index (χ0n) is 13.3. The molecule has 2 fully saturated rings. The van der Waals surface area contributed by atoms with Gasteiger partial charge >= 0.3 is 0 Å². The number of aromatic nitrogens is 1. The Balaban J connectivity index is 1.37. The van der Waals surface area contributed by atoms with E-state index in [1.165, 1.54) is 17.8 Å². The molecular formula is C17H19N3O3S. The van der Waals surface area contributed by atoms with Gasteiger partial charge in [0.25, 0.3) is 11.1 Å². The average molecular weight is 345 g/mol. The Bertz CT molecular complexity index is 731. The fraction of sp³-hybridized carbons (Fsp3) is 0.412. The predicted octanol–water partition coefficient (Wildman–Crippen LogP) is 2.57. The smallest absolute Gasteiger partial charge is 0.276 e. The summed E-state index contributed by atoms with van der Waals surface area (Å²) in [6.45, 7) is 0. The third kappa shape index (κ3) is 3.09. The highest BCUT2D eigenvalue weighted by atomic mass is 32.1. The number of hydrogen-bond donors (Lipinski definition) is 2. The van der Waals surface area contributed by atoms with Crippen molar-refractivity contribution in [1.29, 1.82) is 0 Å². The van der Waals surface area contributed by atoms with Gasteiger partial charge in [0.2, 0.25) is 5.06 Å². The van der Waals surface area contributed by atoms with Crippen LogP contribution in [0.25, 0.3) is 0 Å². The molecule has 2 bridgehead atoms. The first-order valence-electron chi connectivity index (χ1n) is 8.06. The van der Waals surface area contributed by atoms with Crippen molar-refractivity contribution in [3.63, 3.8) is 0 Å². The molecule has 7 heteroatoms. The van der Waals surface area contributed by atoms with Crippen molar-refractivity contribution in [1.82, 2.24) is 15.6 Å². The Morgan fingerprint density at radius 3 is 2.79 bits per heavy atom. The molecule has 2 saturated heterocycles. The van der Waals surface area contributed by atoms with Crippen molar-refractivity contribution in [3.8, 4) is 16.0 Å². The van der Waals surface area contributed by atoms with E-state index in [2.05, 4.69) is 15.6 Å².